The van der Waals surface area contributed by atoms with E-state index in [2.05, 4.69) is 4.99 Å². The SMILES string of the molecule is CN(C)CCN(C)C1=NC(=O)/C(=C/c2ccc(Oc3ccc(C#N)cc3C(F)(F)F)c(O)c2)S1. The van der Waals surface area contributed by atoms with Crippen molar-refractivity contribution in [1.29, 1.82) is 5.26 Å². The highest BCUT2D eigenvalue weighted by molar-refractivity contribution is 8.18. The Morgan fingerprint density at radius 1 is 1.15 bits per heavy atom. The second-order valence-electron chi connectivity index (χ2n) is 7.68. The van der Waals surface area contributed by atoms with E-state index in [-0.39, 0.29) is 11.3 Å². The monoisotopic (exact) mass is 490 g/mol. The summed E-state index contributed by atoms with van der Waals surface area (Å²) >= 11 is 1.20. The number of phenolic OH excluding ortho intramolecular Hbond substituents is 1. The minimum Gasteiger partial charge on any atom is -0.504 e. The number of likely N-dealkylation sites (N-methyl/N-ethyl adjacent to an activating group) is 2. The smallest absolute Gasteiger partial charge is 0.420 e. The topological polar surface area (TPSA) is 89.2 Å². The first-order valence-corrected chi connectivity index (χ1v) is 10.8. The van der Waals surface area contributed by atoms with Crippen LogP contribution in [0.15, 0.2) is 46.3 Å². The molecule has 1 N–H and O–H groups in total. The second kappa shape index (κ2) is 10.2. The summed E-state index contributed by atoms with van der Waals surface area (Å²) in [5, 5.41) is 19.8. The lowest BCUT2D eigenvalue weighted by atomic mass is 10.1. The van der Waals surface area contributed by atoms with Crippen molar-refractivity contribution in [2.75, 3.05) is 34.2 Å². The van der Waals surface area contributed by atoms with Gasteiger partial charge in [0.05, 0.1) is 22.1 Å². The quantitative estimate of drug-likeness (QED) is 0.595. The average Bonchev–Trinajstić information content (AvgIpc) is 3.13. The van der Waals surface area contributed by atoms with Crippen molar-refractivity contribution < 1.29 is 27.8 Å². The third-order valence-corrected chi connectivity index (χ3v) is 5.83. The number of aliphatic imine (C=N–C) groups is 1. The molecule has 0 bridgehead atoms. The summed E-state index contributed by atoms with van der Waals surface area (Å²) in [5.74, 6) is -1.58. The first kappa shape index (κ1) is 25.1. The van der Waals surface area contributed by atoms with E-state index in [0.29, 0.717) is 28.2 Å². The summed E-state index contributed by atoms with van der Waals surface area (Å²) in [7, 11) is 5.72. The molecule has 0 saturated carbocycles. The molecular weight excluding hydrogens is 469 g/mol. The van der Waals surface area contributed by atoms with Gasteiger partial charge in [0.1, 0.15) is 5.75 Å². The van der Waals surface area contributed by atoms with Gasteiger partial charge in [-0.05, 0) is 67.8 Å². The van der Waals surface area contributed by atoms with E-state index in [4.69, 9.17) is 10.00 Å². The van der Waals surface area contributed by atoms with Gasteiger partial charge in [0.25, 0.3) is 5.91 Å². The van der Waals surface area contributed by atoms with Crippen molar-refractivity contribution >= 4 is 28.9 Å². The Morgan fingerprint density at radius 3 is 2.47 bits per heavy atom. The Balaban J connectivity index is 1.78. The summed E-state index contributed by atoms with van der Waals surface area (Å²) in [6, 6.07) is 8.63. The highest BCUT2D eigenvalue weighted by atomic mass is 32.2. The van der Waals surface area contributed by atoms with Gasteiger partial charge in [0.2, 0.25) is 0 Å². The van der Waals surface area contributed by atoms with Gasteiger partial charge in [-0.3, -0.25) is 4.79 Å². The highest BCUT2D eigenvalue weighted by Gasteiger charge is 2.35. The summed E-state index contributed by atoms with van der Waals surface area (Å²) in [6.45, 7) is 1.47. The maximum atomic E-state index is 13.4. The normalized spacial score (nSPS) is 14.9. The van der Waals surface area contributed by atoms with Crippen LogP contribution in [-0.2, 0) is 11.0 Å². The van der Waals surface area contributed by atoms with Crippen molar-refractivity contribution in [1.82, 2.24) is 9.80 Å². The molecule has 0 unspecified atom stereocenters. The molecule has 0 atom stereocenters. The summed E-state index contributed by atoms with van der Waals surface area (Å²) < 4.78 is 45.4. The van der Waals surface area contributed by atoms with E-state index in [1.54, 1.807) is 6.07 Å². The van der Waals surface area contributed by atoms with Crippen LogP contribution >= 0.6 is 11.8 Å². The number of alkyl halides is 3. The van der Waals surface area contributed by atoms with E-state index in [9.17, 15) is 23.1 Å². The number of hydrogen-bond donors (Lipinski definition) is 1. The molecule has 1 heterocycles. The lowest BCUT2D eigenvalue weighted by Gasteiger charge is -2.19. The van der Waals surface area contributed by atoms with Crippen LogP contribution < -0.4 is 4.74 Å². The maximum Gasteiger partial charge on any atom is 0.420 e. The first-order chi connectivity index (χ1) is 16.0. The number of nitrogens with zero attached hydrogens (tertiary/aromatic N) is 4. The molecule has 34 heavy (non-hydrogen) atoms. The van der Waals surface area contributed by atoms with Crippen LogP contribution in [0.3, 0.4) is 0 Å². The molecule has 0 saturated heterocycles. The fourth-order valence-electron chi connectivity index (χ4n) is 2.90. The van der Waals surface area contributed by atoms with Crippen molar-refractivity contribution in [2.45, 2.75) is 6.18 Å². The minimum atomic E-state index is -4.75. The maximum absolute atomic E-state index is 13.4. The molecule has 7 nitrogen and oxygen atoms in total. The third-order valence-electron chi connectivity index (χ3n) is 4.73. The van der Waals surface area contributed by atoms with E-state index >= 15 is 0 Å². The number of amidine groups is 1. The van der Waals surface area contributed by atoms with Crippen molar-refractivity contribution in [3.8, 4) is 23.3 Å². The van der Waals surface area contributed by atoms with Crippen molar-refractivity contribution in [3.63, 3.8) is 0 Å². The van der Waals surface area contributed by atoms with Gasteiger partial charge < -0.3 is 19.6 Å². The zero-order valence-electron chi connectivity index (χ0n) is 18.6. The molecule has 3 rings (SSSR count). The van der Waals surface area contributed by atoms with E-state index < -0.39 is 29.1 Å². The van der Waals surface area contributed by atoms with Gasteiger partial charge in [-0.2, -0.15) is 23.4 Å². The lowest BCUT2D eigenvalue weighted by molar-refractivity contribution is -0.138. The predicted molar refractivity (Wildman–Crippen MR) is 124 cm³/mol. The molecule has 0 aliphatic carbocycles. The van der Waals surface area contributed by atoms with E-state index in [0.717, 1.165) is 12.6 Å². The molecule has 178 valence electrons. The fraction of sp³-hybridized carbons (Fsp3) is 0.261. The number of carbonyl (C=O) groups is 1. The van der Waals surface area contributed by atoms with E-state index in [1.165, 1.54) is 42.1 Å². The van der Waals surface area contributed by atoms with Gasteiger partial charge >= 0.3 is 6.18 Å². The molecule has 2 aromatic rings. The zero-order valence-corrected chi connectivity index (χ0v) is 19.4. The van der Waals surface area contributed by atoms with Gasteiger partial charge in [-0.25, -0.2) is 0 Å². The predicted octanol–water partition coefficient (Wildman–Crippen LogP) is 4.54. The Kier molecular flexibility index (Phi) is 7.54. The Bertz CT molecular complexity index is 1200. The second-order valence-corrected chi connectivity index (χ2v) is 8.69. The molecule has 1 aliphatic heterocycles. The number of aromatic hydroxyl groups is 1. The van der Waals surface area contributed by atoms with Gasteiger partial charge in [0, 0.05) is 20.1 Å². The number of carbonyl (C=O) groups excluding carboxylic acids is 1. The molecule has 11 heteroatoms. The van der Waals surface area contributed by atoms with Crippen LogP contribution in [0.4, 0.5) is 13.2 Å². The van der Waals surface area contributed by atoms with Gasteiger partial charge in [0.15, 0.2) is 16.7 Å². The number of phenols is 1. The molecule has 1 aliphatic rings. The van der Waals surface area contributed by atoms with Gasteiger partial charge in [-0.15, -0.1) is 0 Å². The number of hydrogen-bond acceptors (Lipinski definition) is 7. The lowest BCUT2D eigenvalue weighted by Crippen LogP contribution is -2.31. The Labute approximate surface area is 198 Å². The number of amides is 1. The van der Waals surface area contributed by atoms with Crippen LogP contribution in [0.1, 0.15) is 16.7 Å². The summed E-state index contributed by atoms with van der Waals surface area (Å²) in [4.78, 5) is 20.6. The van der Waals surface area contributed by atoms with Crippen molar-refractivity contribution in [2.24, 2.45) is 4.99 Å². The van der Waals surface area contributed by atoms with Crippen LogP contribution in [0.25, 0.3) is 6.08 Å². The third kappa shape index (κ3) is 6.09. The number of halogens is 3. The number of thioether (sulfide) groups is 1. The number of rotatable bonds is 6. The first-order valence-electron chi connectivity index (χ1n) is 9.98. The Hall–Kier alpha value is -3.49. The van der Waals surface area contributed by atoms with Crippen molar-refractivity contribution in [3.05, 3.63) is 58.0 Å². The molecule has 2 aromatic carbocycles. The number of nitriles is 1. The molecule has 0 aromatic heterocycles. The average molecular weight is 491 g/mol. The molecule has 0 fully saturated rings. The highest BCUT2D eigenvalue weighted by Crippen LogP contribution is 2.41. The molecular formula is C23H21F3N4O3S. The number of benzene rings is 2. The fourth-order valence-corrected chi connectivity index (χ4v) is 3.80. The van der Waals surface area contributed by atoms with Crippen LogP contribution in [0.5, 0.6) is 17.2 Å². The van der Waals surface area contributed by atoms with Crippen LogP contribution in [-0.4, -0.2) is 60.2 Å². The minimum absolute atomic E-state index is 0.168. The summed E-state index contributed by atoms with van der Waals surface area (Å²) in [6.07, 6.45) is -3.21. The van der Waals surface area contributed by atoms with Gasteiger partial charge in [-0.1, -0.05) is 6.07 Å². The molecule has 1 amide bonds. The van der Waals surface area contributed by atoms with E-state index in [1.807, 2.05) is 30.9 Å². The Morgan fingerprint density at radius 2 is 1.85 bits per heavy atom. The number of ether oxygens (including phenoxy) is 1. The summed E-state index contributed by atoms with van der Waals surface area (Å²) in [5.41, 5.74) is -0.851. The molecule has 0 radical (unpaired) electrons. The van der Waals surface area contributed by atoms with Crippen LogP contribution in [0.2, 0.25) is 0 Å². The molecule has 0 spiro atoms. The zero-order chi connectivity index (χ0) is 25.0. The van der Waals surface area contributed by atoms with Crippen LogP contribution in [0, 0.1) is 11.3 Å². The standard InChI is InChI=1S/C23H21F3N4O3S/c1-29(2)8-9-30(3)22-28-21(32)20(34-22)12-14-4-7-19(17(31)11-14)33-18-6-5-15(13-27)10-16(18)23(24,25)26/h4-7,10-12,31H,8-9H2,1-3H3/b20-12-. The largest absolute Gasteiger partial charge is 0.504 e.